The van der Waals surface area contributed by atoms with Gasteiger partial charge in [0.15, 0.2) is 0 Å². The molecule has 0 aliphatic rings. The lowest BCUT2D eigenvalue weighted by Crippen LogP contribution is -2.41. The predicted octanol–water partition coefficient (Wildman–Crippen LogP) is 1.46. The molecule has 7 nitrogen and oxygen atoms in total. The van der Waals surface area contributed by atoms with E-state index in [9.17, 15) is 26.8 Å². The Morgan fingerprint density at radius 1 is 1.25 bits per heavy atom. The van der Waals surface area contributed by atoms with Gasteiger partial charge in [-0.3, -0.25) is 14.9 Å². The van der Waals surface area contributed by atoms with E-state index in [1.165, 1.54) is 18.2 Å². The molecule has 1 unspecified atom stereocenters. The van der Waals surface area contributed by atoms with Crippen molar-refractivity contribution in [2.24, 2.45) is 0 Å². The predicted molar refractivity (Wildman–Crippen MR) is 82.6 cm³/mol. The highest BCUT2D eigenvalue weighted by atomic mass is 32.2. The van der Waals surface area contributed by atoms with Gasteiger partial charge >= 0.3 is 11.7 Å². The third kappa shape index (κ3) is 5.24. The first-order valence-corrected chi connectivity index (χ1v) is 8.61. The van der Waals surface area contributed by atoms with Gasteiger partial charge in [-0.25, -0.2) is 8.42 Å². The molecular formula is C14H18F2N2O5S. The Kier molecular flexibility index (Phi) is 7.23. The van der Waals surface area contributed by atoms with Crippen molar-refractivity contribution in [3.63, 3.8) is 0 Å². The lowest BCUT2D eigenvalue weighted by atomic mass is 10.2. The van der Waals surface area contributed by atoms with Crippen LogP contribution in [0.4, 0.5) is 14.5 Å². The normalized spacial score (nSPS) is 12.8. The highest BCUT2D eigenvalue weighted by Gasteiger charge is 2.29. The number of carboxylic acid groups (broad SMARTS) is 1. The van der Waals surface area contributed by atoms with E-state index in [-0.39, 0.29) is 5.69 Å². The maximum Gasteiger partial charge on any atom is 0.341 e. The number of halogens is 2. The summed E-state index contributed by atoms with van der Waals surface area (Å²) in [5, 5.41) is 13.7. The molecule has 0 aliphatic carbocycles. The number of carbonyl (C=O) groups is 2. The Morgan fingerprint density at radius 3 is 2.42 bits per heavy atom. The van der Waals surface area contributed by atoms with Gasteiger partial charge < -0.3 is 10.4 Å². The molecule has 0 saturated heterocycles. The Morgan fingerprint density at radius 2 is 1.88 bits per heavy atom. The molecule has 0 spiro atoms. The number of hydrogen-bond donors (Lipinski definition) is 3. The molecule has 1 aromatic carbocycles. The van der Waals surface area contributed by atoms with Crippen molar-refractivity contribution >= 4 is 27.4 Å². The second-order valence-corrected chi connectivity index (χ2v) is 6.80. The first-order chi connectivity index (χ1) is 11.2. The molecule has 0 fully saturated rings. The molecule has 1 amide bonds. The summed E-state index contributed by atoms with van der Waals surface area (Å²) in [6.07, 6.45) is 0.889. The molecule has 0 bridgehead atoms. The Bertz CT molecular complexity index is 694. The number of para-hydroxylation sites is 1. The Hall–Kier alpha value is -2.07. The Labute approximate surface area is 138 Å². The average molecular weight is 364 g/mol. The highest BCUT2D eigenvalue weighted by Crippen LogP contribution is 2.25. The molecule has 134 valence electrons. The number of benzene rings is 1. The van der Waals surface area contributed by atoms with Crippen molar-refractivity contribution in [1.29, 1.82) is 0 Å². The van der Waals surface area contributed by atoms with Crippen molar-refractivity contribution in [2.45, 2.75) is 36.5 Å². The molecule has 1 atom stereocenters. The first kappa shape index (κ1) is 20.0. The van der Waals surface area contributed by atoms with Crippen LogP contribution in [0.3, 0.4) is 0 Å². The van der Waals surface area contributed by atoms with Crippen LogP contribution in [0.15, 0.2) is 29.2 Å². The molecule has 0 heterocycles. The van der Waals surface area contributed by atoms with Crippen molar-refractivity contribution < 1.29 is 31.9 Å². The molecule has 1 rings (SSSR count). The van der Waals surface area contributed by atoms with E-state index in [1.54, 1.807) is 6.92 Å². The molecule has 10 heteroatoms. The van der Waals surface area contributed by atoms with E-state index in [1.807, 2.05) is 0 Å². The van der Waals surface area contributed by atoms with Gasteiger partial charge in [-0.05, 0) is 18.6 Å². The van der Waals surface area contributed by atoms with E-state index in [0.29, 0.717) is 12.8 Å². The average Bonchev–Trinajstić information content (AvgIpc) is 2.51. The van der Waals surface area contributed by atoms with E-state index >= 15 is 0 Å². The zero-order chi connectivity index (χ0) is 18.3. The third-order valence-electron chi connectivity index (χ3n) is 3.09. The summed E-state index contributed by atoms with van der Waals surface area (Å²) in [5.74, 6) is -5.48. The van der Waals surface area contributed by atoms with Gasteiger partial charge in [-0.2, -0.15) is 8.78 Å². The maximum atomic E-state index is 12.7. The van der Waals surface area contributed by atoms with Crippen LogP contribution in [0.1, 0.15) is 19.8 Å². The molecule has 3 N–H and O–H groups in total. The van der Waals surface area contributed by atoms with Crippen LogP contribution in [0.2, 0.25) is 0 Å². The van der Waals surface area contributed by atoms with Crippen LogP contribution >= 0.6 is 0 Å². The van der Waals surface area contributed by atoms with Crippen molar-refractivity contribution in [1.82, 2.24) is 5.32 Å². The number of hydrogen-bond acceptors (Lipinski definition) is 5. The lowest BCUT2D eigenvalue weighted by Gasteiger charge is -2.14. The number of amides is 1. The maximum absolute atomic E-state index is 12.7. The van der Waals surface area contributed by atoms with Crippen LogP contribution < -0.4 is 10.6 Å². The third-order valence-corrected chi connectivity index (χ3v) is 4.52. The number of carbonyl (C=O) groups excluding carboxylic acids is 1. The first-order valence-electron chi connectivity index (χ1n) is 7.07. The fourth-order valence-corrected chi connectivity index (χ4v) is 2.81. The van der Waals surface area contributed by atoms with Crippen LogP contribution in [0, 0.1) is 0 Å². The molecule has 24 heavy (non-hydrogen) atoms. The number of nitrogens with one attached hydrogen (secondary N) is 2. The fourth-order valence-electron chi connectivity index (χ4n) is 1.93. The van der Waals surface area contributed by atoms with Gasteiger partial charge in [-0.15, -0.1) is 0 Å². The zero-order valence-corrected chi connectivity index (χ0v) is 13.6. The monoisotopic (exact) mass is 364 g/mol. The molecular weight excluding hydrogens is 346 g/mol. The molecule has 0 saturated carbocycles. The number of alkyl halides is 2. The van der Waals surface area contributed by atoms with E-state index in [4.69, 9.17) is 5.11 Å². The number of anilines is 1. The largest absolute Gasteiger partial charge is 0.480 e. The summed E-state index contributed by atoms with van der Waals surface area (Å²) in [5.41, 5.74) is -0.285. The highest BCUT2D eigenvalue weighted by molar-refractivity contribution is 7.91. The van der Waals surface area contributed by atoms with Gasteiger partial charge in [0.05, 0.1) is 17.1 Å². The minimum atomic E-state index is -4.87. The summed E-state index contributed by atoms with van der Waals surface area (Å²) in [4.78, 5) is 22.1. The number of sulfone groups is 1. The van der Waals surface area contributed by atoms with Crippen LogP contribution in [-0.2, 0) is 19.4 Å². The van der Waals surface area contributed by atoms with Crippen LogP contribution in [0.5, 0.6) is 0 Å². The van der Waals surface area contributed by atoms with Gasteiger partial charge in [0.2, 0.25) is 15.7 Å². The van der Waals surface area contributed by atoms with Crippen molar-refractivity contribution in [3.05, 3.63) is 24.3 Å². The van der Waals surface area contributed by atoms with Crippen LogP contribution in [0.25, 0.3) is 0 Å². The minimum Gasteiger partial charge on any atom is -0.480 e. The fraction of sp³-hybridized carbons (Fsp3) is 0.429. The smallest absolute Gasteiger partial charge is 0.341 e. The quantitative estimate of drug-likeness (QED) is 0.612. The second-order valence-electron chi connectivity index (χ2n) is 4.91. The van der Waals surface area contributed by atoms with Crippen molar-refractivity contribution in [3.8, 4) is 0 Å². The SMILES string of the molecule is CCCC(NCC(=O)Nc1ccccc1S(=O)(=O)C(F)F)C(=O)O. The summed E-state index contributed by atoms with van der Waals surface area (Å²) in [6, 6.07) is 3.84. The topological polar surface area (TPSA) is 113 Å². The summed E-state index contributed by atoms with van der Waals surface area (Å²) in [6.45, 7) is 1.38. The molecule has 0 radical (unpaired) electrons. The number of rotatable bonds is 9. The van der Waals surface area contributed by atoms with E-state index in [0.717, 1.165) is 6.07 Å². The van der Waals surface area contributed by atoms with Gasteiger partial charge in [0, 0.05) is 0 Å². The molecule has 1 aromatic rings. The summed E-state index contributed by atoms with van der Waals surface area (Å²) in [7, 11) is -4.87. The van der Waals surface area contributed by atoms with E-state index < -0.39 is 45.0 Å². The zero-order valence-electron chi connectivity index (χ0n) is 12.8. The Balaban J connectivity index is 2.84. The number of aliphatic carboxylic acids is 1. The minimum absolute atomic E-state index is 0.285. The van der Waals surface area contributed by atoms with Crippen molar-refractivity contribution in [2.75, 3.05) is 11.9 Å². The van der Waals surface area contributed by atoms with Crippen LogP contribution in [-0.4, -0.2) is 43.7 Å². The summed E-state index contributed by atoms with van der Waals surface area (Å²) < 4.78 is 48.5. The molecule has 0 aromatic heterocycles. The summed E-state index contributed by atoms with van der Waals surface area (Å²) >= 11 is 0. The molecule has 0 aliphatic heterocycles. The number of carboxylic acids is 1. The second kappa shape index (κ2) is 8.69. The van der Waals surface area contributed by atoms with Gasteiger partial charge in [-0.1, -0.05) is 25.5 Å². The standard InChI is InChI=1S/C14H18F2N2O5S/c1-2-5-10(13(20)21)17-8-12(19)18-9-6-3-4-7-11(9)24(22,23)14(15)16/h3-4,6-7,10,14,17H,2,5,8H2,1H3,(H,18,19)(H,20,21). The van der Waals surface area contributed by atoms with Gasteiger partial charge in [0.1, 0.15) is 6.04 Å². The van der Waals surface area contributed by atoms with E-state index in [2.05, 4.69) is 10.6 Å². The lowest BCUT2D eigenvalue weighted by molar-refractivity contribution is -0.139. The van der Waals surface area contributed by atoms with Gasteiger partial charge in [0.25, 0.3) is 0 Å².